The molecule has 4 unspecified atom stereocenters. The molecule has 0 amide bonds. The van der Waals surface area contributed by atoms with E-state index in [9.17, 15) is 0 Å². The quantitative estimate of drug-likeness (QED) is 0.189. The highest BCUT2D eigenvalue weighted by Crippen LogP contribution is 2.47. The lowest BCUT2D eigenvalue weighted by molar-refractivity contribution is 0.0616. The monoisotopic (exact) mass is 656 g/mol. The van der Waals surface area contributed by atoms with Gasteiger partial charge < -0.3 is 19.3 Å². The first-order chi connectivity index (χ1) is 22.3. The third-order valence-electron chi connectivity index (χ3n) is 10.5. The zero-order valence-electron chi connectivity index (χ0n) is 31.3. The molecule has 4 atom stereocenters. The lowest BCUT2D eigenvalue weighted by Crippen LogP contribution is -2.62. The Labute approximate surface area is 286 Å². The van der Waals surface area contributed by atoms with Crippen molar-refractivity contribution in [3.8, 4) is 11.5 Å². The summed E-state index contributed by atoms with van der Waals surface area (Å²) in [6, 6.07) is 0.857. The zero-order chi connectivity index (χ0) is 34.6. The van der Waals surface area contributed by atoms with Gasteiger partial charge in [-0.1, -0.05) is 48.0 Å². The van der Waals surface area contributed by atoms with Crippen LogP contribution in [0.4, 0.5) is 11.6 Å². The Bertz CT molecular complexity index is 1830. The summed E-state index contributed by atoms with van der Waals surface area (Å²) >= 11 is 0. The molecular weight excluding hydrogens is 600 g/mol. The maximum atomic E-state index is 6.40. The largest absolute Gasteiger partial charge is 0.483 e. The van der Waals surface area contributed by atoms with Gasteiger partial charge in [-0.25, -0.2) is 19.0 Å². The van der Waals surface area contributed by atoms with Gasteiger partial charge in [0.15, 0.2) is 34.4 Å². The number of fused-ring (bicyclic) bond motifs is 6. The van der Waals surface area contributed by atoms with E-state index < -0.39 is 0 Å². The Balaban J connectivity index is 0.000000152. The van der Waals surface area contributed by atoms with Crippen LogP contribution < -0.4 is 19.3 Å². The molecule has 4 aromatic heterocycles. The molecule has 0 bridgehead atoms. The Kier molecular flexibility index (Phi) is 7.54. The van der Waals surface area contributed by atoms with E-state index >= 15 is 0 Å². The molecule has 0 radical (unpaired) electrons. The number of aromatic nitrogens is 6. The molecule has 4 aromatic rings. The van der Waals surface area contributed by atoms with Crippen LogP contribution in [0.1, 0.15) is 133 Å². The first kappa shape index (κ1) is 33.0. The summed E-state index contributed by atoms with van der Waals surface area (Å²) in [6.07, 6.45) is 15.6. The molecule has 6 heterocycles. The third kappa shape index (κ3) is 5.56. The molecule has 2 aliphatic carbocycles. The predicted molar refractivity (Wildman–Crippen MR) is 192 cm³/mol. The number of anilines is 2. The summed E-state index contributed by atoms with van der Waals surface area (Å²) in [6.45, 7) is 26.8. The molecule has 10 heteroatoms. The van der Waals surface area contributed by atoms with Crippen molar-refractivity contribution in [2.45, 2.75) is 168 Å². The molecule has 2 fully saturated rings. The van der Waals surface area contributed by atoms with Gasteiger partial charge in [-0.3, -0.25) is 0 Å². The summed E-state index contributed by atoms with van der Waals surface area (Å²) < 4.78 is 16.3. The van der Waals surface area contributed by atoms with E-state index in [4.69, 9.17) is 19.4 Å². The molecule has 0 N–H and O–H groups in total. The van der Waals surface area contributed by atoms with Crippen LogP contribution >= 0.6 is 0 Å². The maximum absolute atomic E-state index is 6.40. The molecule has 48 heavy (non-hydrogen) atoms. The van der Waals surface area contributed by atoms with Crippen molar-refractivity contribution in [1.82, 2.24) is 29.2 Å². The molecule has 260 valence electrons. The van der Waals surface area contributed by atoms with Crippen molar-refractivity contribution in [3.63, 3.8) is 0 Å². The molecule has 2 saturated carbocycles. The van der Waals surface area contributed by atoms with Gasteiger partial charge in [-0.2, -0.15) is 10.2 Å². The molecular formula is C38H56N8O2. The van der Waals surface area contributed by atoms with Crippen molar-refractivity contribution in [2.24, 2.45) is 0 Å². The van der Waals surface area contributed by atoms with Gasteiger partial charge in [-0.05, 0) is 84.5 Å². The van der Waals surface area contributed by atoms with Gasteiger partial charge in [0.25, 0.3) is 0 Å². The lowest BCUT2D eigenvalue weighted by Gasteiger charge is -2.53. The van der Waals surface area contributed by atoms with Gasteiger partial charge in [-0.15, -0.1) is 0 Å². The van der Waals surface area contributed by atoms with Crippen LogP contribution in [-0.4, -0.2) is 64.6 Å². The van der Waals surface area contributed by atoms with Crippen LogP contribution in [0.3, 0.4) is 0 Å². The zero-order valence-corrected chi connectivity index (χ0v) is 31.3. The highest BCUT2D eigenvalue weighted by Gasteiger charge is 2.48. The average molecular weight is 657 g/mol. The first-order valence-electron chi connectivity index (χ1n) is 18.0. The number of rotatable bonds is 0. The van der Waals surface area contributed by atoms with Crippen LogP contribution in [0.25, 0.3) is 11.3 Å². The molecule has 10 nitrogen and oxygen atoms in total. The highest BCUT2D eigenvalue weighted by molar-refractivity contribution is 5.65. The van der Waals surface area contributed by atoms with E-state index in [0.29, 0.717) is 18.2 Å². The van der Waals surface area contributed by atoms with Crippen molar-refractivity contribution in [3.05, 3.63) is 35.9 Å². The smallest absolute Gasteiger partial charge is 0.180 e. The first-order valence-corrected chi connectivity index (χ1v) is 18.0. The van der Waals surface area contributed by atoms with Crippen LogP contribution in [0.2, 0.25) is 0 Å². The Morgan fingerprint density at radius 2 is 0.979 bits per heavy atom. The Morgan fingerprint density at radius 1 is 0.562 bits per heavy atom. The topological polar surface area (TPSA) is 85.3 Å². The minimum atomic E-state index is 0.00600. The van der Waals surface area contributed by atoms with Crippen LogP contribution in [0, 0.1) is 0 Å². The fraction of sp³-hybridized carbons (Fsp3) is 0.684. The van der Waals surface area contributed by atoms with E-state index in [0.717, 1.165) is 47.3 Å². The van der Waals surface area contributed by atoms with Gasteiger partial charge in [0.05, 0.1) is 36.9 Å². The van der Waals surface area contributed by atoms with Gasteiger partial charge in [0, 0.05) is 22.2 Å². The molecule has 0 saturated heterocycles. The standard InChI is InChI=1S/C20H30N4O.C18H26N4O/c1-19(2,3)13-11-21-23-12-16-18(22-17(13)23)24(20(4,5)6)14-9-7-8-10-15(14)25-16;1-17(2,3)11-9-19-21-10-14-16(20-15(11)21)22(18(4,5)6)12-7-8-13(12)23-14/h11-12,14-15H,7-10H2,1-6H3;9-10,12-13H,7-8H2,1-6H3. The second-order valence-corrected chi connectivity index (χ2v) is 18.4. The Morgan fingerprint density at radius 3 is 1.38 bits per heavy atom. The fourth-order valence-corrected chi connectivity index (χ4v) is 8.01. The predicted octanol–water partition coefficient (Wildman–Crippen LogP) is 7.89. The summed E-state index contributed by atoms with van der Waals surface area (Å²) in [5.74, 6) is 3.68. The van der Waals surface area contributed by atoms with E-state index in [2.05, 4.69) is 103 Å². The lowest BCUT2D eigenvalue weighted by atomic mass is 9.83. The fourth-order valence-electron chi connectivity index (χ4n) is 8.01. The molecule has 4 aliphatic rings. The van der Waals surface area contributed by atoms with Gasteiger partial charge in [0.2, 0.25) is 0 Å². The number of hydrogen-bond donors (Lipinski definition) is 0. The minimum absolute atomic E-state index is 0.00600. The normalized spacial score (nSPS) is 24.0. The van der Waals surface area contributed by atoms with E-state index in [1.807, 2.05) is 33.8 Å². The van der Waals surface area contributed by atoms with E-state index in [1.165, 1.54) is 36.8 Å². The summed E-state index contributed by atoms with van der Waals surface area (Å²) in [7, 11) is 0. The van der Waals surface area contributed by atoms with E-state index in [1.54, 1.807) is 0 Å². The molecule has 0 aromatic carbocycles. The van der Waals surface area contributed by atoms with Crippen molar-refractivity contribution >= 4 is 22.9 Å². The summed E-state index contributed by atoms with van der Waals surface area (Å²) in [5.41, 5.74) is 4.29. The molecule has 8 rings (SSSR count). The summed E-state index contributed by atoms with van der Waals surface area (Å²) in [5, 5.41) is 9.04. The number of hydrogen-bond acceptors (Lipinski definition) is 8. The van der Waals surface area contributed by atoms with Crippen molar-refractivity contribution in [2.75, 3.05) is 9.80 Å². The van der Waals surface area contributed by atoms with Crippen LogP contribution in [0.5, 0.6) is 11.5 Å². The second kappa shape index (κ2) is 11.0. The van der Waals surface area contributed by atoms with Gasteiger partial charge >= 0.3 is 0 Å². The SMILES string of the molecule is CC(C)(C)c1cnn2cc3c(nc12)N(C(C)(C)C)C1CCC1O3.CC(C)(C)c1cnn2cc3c(nc12)N(C(C)(C)C)C1CCCCC1O3. The van der Waals surface area contributed by atoms with Gasteiger partial charge in [0.1, 0.15) is 12.2 Å². The van der Waals surface area contributed by atoms with Crippen molar-refractivity contribution in [1.29, 1.82) is 0 Å². The summed E-state index contributed by atoms with van der Waals surface area (Å²) in [4.78, 5) is 15.1. The molecule has 2 aliphatic heterocycles. The van der Waals surface area contributed by atoms with Crippen molar-refractivity contribution < 1.29 is 9.47 Å². The maximum Gasteiger partial charge on any atom is 0.180 e. The minimum Gasteiger partial charge on any atom is -0.483 e. The van der Waals surface area contributed by atoms with E-state index in [-0.39, 0.29) is 28.0 Å². The number of nitrogens with zero attached hydrogens (tertiary/aromatic N) is 8. The van der Waals surface area contributed by atoms with Crippen LogP contribution in [0.15, 0.2) is 24.8 Å². The average Bonchev–Trinajstić information content (AvgIpc) is 3.57. The highest BCUT2D eigenvalue weighted by atomic mass is 16.5. The Hall–Kier alpha value is -3.56. The van der Waals surface area contributed by atoms with Crippen LogP contribution in [-0.2, 0) is 10.8 Å². The molecule has 0 spiro atoms. The number of ether oxygens (including phenoxy) is 2. The second-order valence-electron chi connectivity index (χ2n) is 18.4. The third-order valence-corrected chi connectivity index (χ3v) is 10.5.